The summed E-state index contributed by atoms with van der Waals surface area (Å²) in [4.78, 5) is 0. The third-order valence-corrected chi connectivity index (χ3v) is 5.82. The average molecular weight is 229 g/mol. The summed E-state index contributed by atoms with van der Waals surface area (Å²) in [6.07, 6.45) is 0.651. The SMILES string of the molecule is CC[SiH](C)C(N)Cc1ccc(F)c(F)c1. The number of halogens is 2. The summed E-state index contributed by atoms with van der Waals surface area (Å²) in [6.45, 7) is 4.33. The second-order valence-corrected chi connectivity index (χ2v) is 7.63. The van der Waals surface area contributed by atoms with Crippen molar-refractivity contribution >= 4 is 8.80 Å². The molecular weight excluding hydrogens is 212 g/mol. The van der Waals surface area contributed by atoms with Crippen LogP contribution >= 0.6 is 0 Å². The van der Waals surface area contributed by atoms with Crippen LogP contribution in [0.1, 0.15) is 12.5 Å². The molecule has 0 heterocycles. The molecule has 2 N–H and O–H groups in total. The first-order chi connectivity index (χ1) is 7.04. The second-order valence-electron chi connectivity index (χ2n) is 4.00. The van der Waals surface area contributed by atoms with Gasteiger partial charge in [0.2, 0.25) is 0 Å². The molecule has 0 fully saturated rings. The summed E-state index contributed by atoms with van der Waals surface area (Å²) in [7, 11) is -0.912. The molecule has 0 aromatic heterocycles. The van der Waals surface area contributed by atoms with Crippen LogP contribution in [0.4, 0.5) is 8.78 Å². The Morgan fingerprint density at radius 3 is 2.53 bits per heavy atom. The normalized spacial score (nSPS) is 15.0. The summed E-state index contributed by atoms with van der Waals surface area (Å²) in [5.41, 5.74) is 6.92. The zero-order valence-electron chi connectivity index (χ0n) is 9.13. The van der Waals surface area contributed by atoms with Crippen molar-refractivity contribution in [3.05, 3.63) is 35.4 Å². The van der Waals surface area contributed by atoms with Crippen LogP contribution in [-0.2, 0) is 6.42 Å². The number of hydrogen-bond acceptors (Lipinski definition) is 1. The topological polar surface area (TPSA) is 26.0 Å². The fraction of sp³-hybridized carbons (Fsp3) is 0.455. The molecule has 1 rings (SSSR count). The summed E-state index contributed by atoms with van der Waals surface area (Å²) < 4.78 is 25.6. The molecule has 2 unspecified atom stereocenters. The van der Waals surface area contributed by atoms with Gasteiger partial charge in [-0.1, -0.05) is 25.6 Å². The molecular formula is C11H17F2NSi. The molecule has 0 bridgehead atoms. The maximum absolute atomic E-state index is 12.9. The van der Waals surface area contributed by atoms with E-state index in [1.54, 1.807) is 6.07 Å². The number of benzene rings is 1. The van der Waals surface area contributed by atoms with Crippen molar-refractivity contribution in [3.8, 4) is 0 Å². The molecule has 4 heteroatoms. The van der Waals surface area contributed by atoms with Gasteiger partial charge in [-0.15, -0.1) is 0 Å². The summed E-state index contributed by atoms with van der Waals surface area (Å²) >= 11 is 0. The van der Waals surface area contributed by atoms with Crippen LogP contribution in [0.3, 0.4) is 0 Å². The van der Waals surface area contributed by atoms with Crippen molar-refractivity contribution in [2.24, 2.45) is 5.73 Å². The molecule has 0 saturated carbocycles. The minimum Gasteiger partial charge on any atom is -0.330 e. The highest BCUT2D eigenvalue weighted by molar-refractivity contribution is 6.58. The van der Waals surface area contributed by atoms with E-state index in [-0.39, 0.29) is 5.67 Å². The van der Waals surface area contributed by atoms with E-state index in [0.29, 0.717) is 6.42 Å². The molecule has 1 nitrogen and oxygen atoms in total. The van der Waals surface area contributed by atoms with Gasteiger partial charge in [0, 0.05) is 0 Å². The Labute approximate surface area is 90.9 Å². The fourth-order valence-electron chi connectivity index (χ4n) is 1.44. The van der Waals surface area contributed by atoms with Gasteiger partial charge in [0.05, 0.1) is 8.80 Å². The van der Waals surface area contributed by atoms with Crippen LogP contribution in [0.25, 0.3) is 0 Å². The quantitative estimate of drug-likeness (QED) is 0.787. The Morgan fingerprint density at radius 1 is 1.33 bits per heavy atom. The zero-order valence-corrected chi connectivity index (χ0v) is 10.3. The van der Waals surface area contributed by atoms with Gasteiger partial charge in [-0.25, -0.2) is 8.78 Å². The van der Waals surface area contributed by atoms with Crippen molar-refractivity contribution in [1.82, 2.24) is 0 Å². The molecule has 1 aromatic carbocycles. The molecule has 1 aromatic rings. The van der Waals surface area contributed by atoms with Gasteiger partial charge in [0.1, 0.15) is 0 Å². The van der Waals surface area contributed by atoms with Crippen molar-refractivity contribution in [2.75, 3.05) is 0 Å². The van der Waals surface area contributed by atoms with Crippen LogP contribution in [0.5, 0.6) is 0 Å². The molecule has 0 amide bonds. The van der Waals surface area contributed by atoms with Crippen LogP contribution < -0.4 is 5.73 Å². The van der Waals surface area contributed by atoms with E-state index in [4.69, 9.17) is 5.73 Å². The van der Waals surface area contributed by atoms with Crippen LogP contribution in [0.2, 0.25) is 12.6 Å². The van der Waals surface area contributed by atoms with E-state index < -0.39 is 20.4 Å². The van der Waals surface area contributed by atoms with Crippen molar-refractivity contribution < 1.29 is 8.78 Å². The predicted molar refractivity (Wildman–Crippen MR) is 61.5 cm³/mol. The number of hydrogen-bond donors (Lipinski definition) is 1. The Bertz CT molecular complexity index is 330. The minimum atomic E-state index is -0.912. The third kappa shape index (κ3) is 3.39. The minimum absolute atomic E-state index is 0.139. The predicted octanol–water partition coefficient (Wildman–Crippen LogP) is 2.25. The number of nitrogens with two attached hydrogens (primary N) is 1. The average Bonchev–Trinajstić information content (AvgIpc) is 2.22. The smallest absolute Gasteiger partial charge is 0.159 e. The van der Waals surface area contributed by atoms with E-state index in [2.05, 4.69) is 13.5 Å². The largest absolute Gasteiger partial charge is 0.330 e. The molecule has 15 heavy (non-hydrogen) atoms. The lowest BCUT2D eigenvalue weighted by Gasteiger charge is -2.16. The lowest BCUT2D eigenvalue weighted by molar-refractivity contribution is 0.507. The van der Waals surface area contributed by atoms with E-state index in [0.717, 1.165) is 17.7 Å². The van der Waals surface area contributed by atoms with E-state index in [9.17, 15) is 8.78 Å². The van der Waals surface area contributed by atoms with Gasteiger partial charge in [0.15, 0.2) is 11.6 Å². The molecule has 0 aliphatic rings. The highest BCUT2D eigenvalue weighted by atomic mass is 28.3. The van der Waals surface area contributed by atoms with Crippen LogP contribution in [-0.4, -0.2) is 14.5 Å². The Morgan fingerprint density at radius 2 is 2.00 bits per heavy atom. The lowest BCUT2D eigenvalue weighted by atomic mass is 10.1. The molecule has 84 valence electrons. The fourth-order valence-corrected chi connectivity index (χ4v) is 2.72. The standard InChI is InChI=1S/C11H17F2NSi/c1-3-15(2)11(14)7-8-4-5-9(12)10(13)6-8/h4-6,11,15H,3,7,14H2,1-2H3. The molecule has 0 aliphatic heterocycles. The van der Waals surface area contributed by atoms with Gasteiger partial charge in [-0.2, -0.15) is 0 Å². The zero-order chi connectivity index (χ0) is 11.4. The monoisotopic (exact) mass is 229 g/mol. The Balaban J connectivity index is 2.68. The highest BCUT2D eigenvalue weighted by Gasteiger charge is 2.13. The number of rotatable bonds is 4. The van der Waals surface area contributed by atoms with E-state index in [1.807, 2.05) is 0 Å². The van der Waals surface area contributed by atoms with Gasteiger partial charge in [-0.3, -0.25) is 0 Å². The van der Waals surface area contributed by atoms with E-state index >= 15 is 0 Å². The Kier molecular flexibility index (Phi) is 4.41. The van der Waals surface area contributed by atoms with Gasteiger partial charge in [0.25, 0.3) is 0 Å². The summed E-state index contributed by atoms with van der Waals surface area (Å²) in [5.74, 6) is -1.58. The van der Waals surface area contributed by atoms with Crippen LogP contribution in [0, 0.1) is 11.6 Å². The van der Waals surface area contributed by atoms with Gasteiger partial charge >= 0.3 is 0 Å². The second kappa shape index (κ2) is 5.37. The third-order valence-electron chi connectivity index (χ3n) is 2.83. The molecule has 0 aliphatic carbocycles. The first kappa shape index (κ1) is 12.3. The van der Waals surface area contributed by atoms with Crippen molar-refractivity contribution in [3.63, 3.8) is 0 Å². The maximum atomic E-state index is 12.9. The van der Waals surface area contributed by atoms with Crippen molar-refractivity contribution in [2.45, 2.75) is 31.6 Å². The molecule has 0 radical (unpaired) electrons. The summed E-state index contributed by atoms with van der Waals surface area (Å²) in [5, 5.41) is 0. The van der Waals surface area contributed by atoms with E-state index in [1.165, 1.54) is 6.07 Å². The first-order valence-electron chi connectivity index (χ1n) is 5.24. The molecule has 2 atom stereocenters. The van der Waals surface area contributed by atoms with Crippen molar-refractivity contribution in [1.29, 1.82) is 0 Å². The van der Waals surface area contributed by atoms with Gasteiger partial charge < -0.3 is 5.73 Å². The maximum Gasteiger partial charge on any atom is 0.159 e. The first-order valence-corrected chi connectivity index (χ1v) is 7.88. The summed E-state index contributed by atoms with van der Waals surface area (Å²) in [6, 6.07) is 5.14. The Hall–Kier alpha value is -0.743. The highest BCUT2D eigenvalue weighted by Crippen LogP contribution is 2.11. The lowest BCUT2D eigenvalue weighted by Crippen LogP contribution is -2.37. The molecule has 0 saturated heterocycles. The molecule has 0 spiro atoms. The van der Waals surface area contributed by atoms with Crippen LogP contribution in [0.15, 0.2) is 18.2 Å². The van der Waals surface area contributed by atoms with Gasteiger partial charge in [-0.05, 0) is 29.8 Å².